The van der Waals surface area contributed by atoms with E-state index in [1.54, 1.807) is 24.3 Å². The molecule has 6 nitrogen and oxygen atoms in total. The molecule has 0 bridgehead atoms. The molecule has 0 saturated heterocycles. The summed E-state index contributed by atoms with van der Waals surface area (Å²) in [6.07, 6.45) is -0.530. The minimum Gasteiger partial charge on any atom is -0.508 e. The van der Waals surface area contributed by atoms with E-state index in [2.05, 4.69) is 33.9 Å². The van der Waals surface area contributed by atoms with E-state index in [1.165, 1.54) is 6.07 Å². The van der Waals surface area contributed by atoms with Gasteiger partial charge < -0.3 is 14.6 Å². The molecule has 0 saturated carbocycles. The molecule has 1 amide bonds. The van der Waals surface area contributed by atoms with Crippen molar-refractivity contribution in [3.63, 3.8) is 0 Å². The molecule has 0 radical (unpaired) electrons. The summed E-state index contributed by atoms with van der Waals surface area (Å²) in [5.74, 6) is -0.391. The number of aryl methyl sites for hydroxylation is 1. The number of carbonyl (C=O) groups is 2. The highest BCUT2D eigenvalue weighted by Gasteiger charge is 2.21. The third kappa shape index (κ3) is 7.09. The van der Waals surface area contributed by atoms with Gasteiger partial charge in [0.15, 0.2) is 0 Å². The summed E-state index contributed by atoms with van der Waals surface area (Å²) < 4.78 is 11.3. The summed E-state index contributed by atoms with van der Waals surface area (Å²) in [7, 11) is 0. The second kappa shape index (κ2) is 11.0. The number of benzene rings is 2. The van der Waals surface area contributed by atoms with Crippen LogP contribution in [-0.4, -0.2) is 29.5 Å². The summed E-state index contributed by atoms with van der Waals surface area (Å²) >= 11 is 7.21. The molecule has 0 spiro atoms. The molecule has 1 atom stereocenters. The monoisotopic (exact) mass is 467 g/mol. The van der Waals surface area contributed by atoms with Gasteiger partial charge in [0, 0.05) is 15.7 Å². The zero-order valence-corrected chi connectivity index (χ0v) is 17.8. The number of thiol groups is 1. The smallest absolute Gasteiger partial charge is 0.412 e. The fourth-order valence-corrected chi connectivity index (χ4v) is 2.95. The molecule has 0 aromatic heterocycles. The van der Waals surface area contributed by atoms with Crippen LogP contribution in [0, 0.1) is 6.92 Å². The zero-order chi connectivity index (χ0) is 20.5. The number of nitrogens with one attached hydrogen (secondary N) is 1. The van der Waals surface area contributed by atoms with Crippen molar-refractivity contribution in [3.8, 4) is 5.75 Å². The van der Waals surface area contributed by atoms with E-state index in [1.807, 2.05) is 19.1 Å². The molecule has 0 heterocycles. The lowest BCUT2D eigenvalue weighted by Crippen LogP contribution is -2.18. The second-order valence-corrected chi connectivity index (χ2v) is 7.34. The van der Waals surface area contributed by atoms with E-state index in [-0.39, 0.29) is 18.1 Å². The summed E-state index contributed by atoms with van der Waals surface area (Å²) in [4.78, 5) is 23.5. The average Bonchev–Trinajstić information content (AvgIpc) is 2.67. The summed E-state index contributed by atoms with van der Waals surface area (Å²) in [6.45, 7) is 2.13. The van der Waals surface area contributed by atoms with Crippen LogP contribution in [0.3, 0.4) is 0 Å². The number of hydrogen-bond acceptors (Lipinski definition) is 6. The molecule has 0 aliphatic carbocycles. The first-order valence-corrected chi connectivity index (χ1v) is 10.1. The minimum absolute atomic E-state index is 0.00526. The molecule has 2 rings (SSSR count). The molecular weight excluding hydrogens is 446 g/mol. The van der Waals surface area contributed by atoms with E-state index < -0.39 is 18.2 Å². The van der Waals surface area contributed by atoms with Crippen molar-refractivity contribution in [2.24, 2.45) is 0 Å². The Morgan fingerprint density at radius 2 is 1.93 bits per heavy atom. The number of esters is 1. The number of ether oxygens (including phenoxy) is 2. The van der Waals surface area contributed by atoms with Crippen LogP contribution < -0.4 is 5.32 Å². The SMILES string of the molecule is Cc1ccc(NC(=O)O[C@H](CCCOC(=O)CS)c2cc(Br)ccc2O)cc1. The first kappa shape index (κ1) is 22.1. The normalized spacial score (nSPS) is 11.5. The fourth-order valence-electron chi connectivity index (χ4n) is 2.47. The van der Waals surface area contributed by atoms with Crippen molar-refractivity contribution in [2.75, 3.05) is 17.7 Å². The Morgan fingerprint density at radius 1 is 1.21 bits per heavy atom. The van der Waals surface area contributed by atoms with Crippen molar-refractivity contribution in [2.45, 2.75) is 25.9 Å². The van der Waals surface area contributed by atoms with Gasteiger partial charge in [0.1, 0.15) is 11.9 Å². The van der Waals surface area contributed by atoms with Gasteiger partial charge in [-0.25, -0.2) is 4.79 Å². The van der Waals surface area contributed by atoms with Crippen LogP contribution >= 0.6 is 28.6 Å². The average molecular weight is 468 g/mol. The molecule has 0 aliphatic rings. The third-order valence-electron chi connectivity index (χ3n) is 3.89. The number of aromatic hydroxyl groups is 1. The highest BCUT2D eigenvalue weighted by Crippen LogP contribution is 2.33. The predicted octanol–water partition coefficient (Wildman–Crippen LogP) is 5.01. The van der Waals surface area contributed by atoms with Crippen molar-refractivity contribution < 1.29 is 24.2 Å². The topological polar surface area (TPSA) is 84.9 Å². The largest absolute Gasteiger partial charge is 0.508 e. The maximum atomic E-state index is 12.3. The Hall–Kier alpha value is -2.19. The van der Waals surface area contributed by atoms with Crippen LogP contribution in [0.15, 0.2) is 46.9 Å². The van der Waals surface area contributed by atoms with Crippen LogP contribution in [0.2, 0.25) is 0 Å². The van der Waals surface area contributed by atoms with Crippen LogP contribution in [0.5, 0.6) is 5.75 Å². The lowest BCUT2D eigenvalue weighted by Gasteiger charge is -2.20. The molecule has 2 N–H and O–H groups in total. The Balaban J connectivity index is 2.06. The molecule has 8 heteroatoms. The molecular formula is C20H22BrNO5S. The highest BCUT2D eigenvalue weighted by molar-refractivity contribution is 9.10. The van der Waals surface area contributed by atoms with Gasteiger partial charge >= 0.3 is 12.1 Å². The van der Waals surface area contributed by atoms with Crippen LogP contribution in [-0.2, 0) is 14.3 Å². The maximum absolute atomic E-state index is 12.3. The van der Waals surface area contributed by atoms with Crippen LogP contribution in [0.1, 0.15) is 30.1 Å². The number of amides is 1. The molecule has 150 valence electrons. The van der Waals surface area contributed by atoms with Crippen molar-refractivity contribution in [1.82, 2.24) is 0 Å². The Bertz CT molecular complexity index is 813. The van der Waals surface area contributed by atoms with Crippen molar-refractivity contribution >= 4 is 46.3 Å². The third-order valence-corrected chi connectivity index (χ3v) is 4.64. The first-order valence-electron chi connectivity index (χ1n) is 8.68. The molecule has 28 heavy (non-hydrogen) atoms. The Labute approximate surface area is 177 Å². The number of rotatable bonds is 8. The number of hydrogen-bond donors (Lipinski definition) is 3. The predicted molar refractivity (Wildman–Crippen MR) is 114 cm³/mol. The van der Waals surface area contributed by atoms with Gasteiger partial charge in [-0.1, -0.05) is 33.6 Å². The number of phenols is 1. The van der Waals surface area contributed by atoms with Gasteiger partial charge in [0.2, 0.25) is 0 Å². The maximum Gasteiger partial charge on any atom is 0.412 e. The molecule has 0 fully saturated rings. The Morgan fingerprint density at radius 3 is 2.61 bits per heavy atom. The zero-order valence-electron chi connectivity index (χ0n) is 15.4. The van der Waals surface area contributed by atoms with Gasteiger partial charge in [0.05, 0.1) is 12.4 Å². The lowest BCUT2D eigenvalue weighted by molar-refractivity contribution is -0.140. The van der Waals surface area contributed by atoms with Crippen molar-refractivity contribution in [1.29, 1.82) is 0 Å². The molecule has 2 aromatic rings. The van der Waals surface area contributed by atoms with E-state index in [9.17, 15) is 14.7 Å². The lowest BCUT2D eigenvalue weighted by atomic mass is 10.0. The van der Waals surface area contributed by atoms with Crippen molar-refractivity contribution in [3.05, 3.63) is 58.1 Å². The summed E-state index contributed by atoms with van der Waals surface area (Å²) in [5, 5.41) is 12.9. The summed E-state index contributed by atoms with van der Waals surface area (Å²) in [5.41, 5.74) is 2.15. The van der Waals surface area contributed by atoms with Gasteiger partial charge in [0.25, 0.3) is 0 Å². The van der Waals surface area contributed by atoms with E-state index in [0.29, 0.717) is 24.1 Å². The number of carbonyl (C=O) groups excluding carboxylic acids is 2. The minimum atomic E-state index is -0.711. The second-order valence-electron chi connectivity index (χ2n) is 6.11. The quantitative estimate of drug-likeness (QED) is 0.288. The fraction of sp³-hybridized carbons (Fsp3) is 0.300. The first-order chi connectivity index (χ1) is 13.4. The Kier molecular flexibility index (Phi) is 8.66. The molecule has 2 aromatic carbocycles. The van der Waals surface area contributed by atoms with Gasteiger partial charge in [-0.2, -0.15) is 12.6 Å². The van der Waals surface area contributed by atoms with Gasteiger partial charge in [-0.3, -0.25) is 10.1 Å². The molecule has 0 unspecified atom stereocenters. The van der Waals surface area contributed by atoms with E-state index >= 15 is 0 Å². The van der Waals surface area contributed by atoms with Gasteiger partial charge in [-0.05, 0) is 50.1 Å². The standard InChI is InChI=1S/C20H22BrNO5S/c1-13-4-7-15(8-5-13)22-20(25)27-18(3-2-10-26-19(24)12-28)16-11-14(21)6-9-17(16)23/h4-9,11,18,23,28H,2-3,10,12H2,1H3,(H,22,25)/t18-/m1/s1. The summed E-state index contributed by atoms with van der Waals surface area (Å²) in [6, 6.07) is 12.2. The number of halogens is 1. The van der Waals surface area contributed by atoms with Gasteiger partial charge in [-0.15, -0.1) is 0 Å². The highest BCUT2D eigenvalue weighted by atomic mass is 79.9. The van der Waals surface area contributed by atoms with E-state index in [4.69, 9.17) is 9.47 Å². The van der Waals surface area contributed by atoms with E-state index in [0.717, 1.165) is 10.0 Å². The molecule has 0 aliphatic heterocycles. The van der Waals surface area contributed by atoms with Crippen LogP contribution in [0.4, 0.5) is 10.5 Å². The van der Waals surface area contributed by atoms with Crippen LogP contribution in [0.25, 0.3) is 0 Å². The number of phenolic OH excluding ortho intramolecular Hbond substituents is 1. The number of anilines is 1.